The maximum Gasteiger partial charge on any atom is 0.257 e. The van der Waals surface area contributed by atoms with Crippen LogP contribution >= 0.6 is 11.6 Å². The Morgan fingerprint density at radius 2 is 2.08 bits per heavy atom. The largest absolute Gasteiger partial charge is 0.261 e. The molecule has 0 N–H and O–H groups in total. The average Bonchev–Trinajstić information content (AvgIpc) is 1.99. The minimum atomic E-state index is -2.96. The molecule has 1 rings (SSSR count). The molecule has 0 aliphatic heterocycles. The molecule has 3 nitrogen and oxygen atoms in total. The van der Waals surface area contributed by atoms with Crippen molar-refractivity contribution in [2.75, 3.05) is 0 Å². The van der Waals surface area contributed by atoms with E-state index >= 15 is 0 Å². The monoisotopic (exact) mass is 223 g/mol. The van der Waals surface area contributed by atoms with Crippen molar-refractivity contribution >= 4 is 22.6 Å². The molecule has 0 bridgehead atoms. The highest BCUT2D eigenvalue weighted by atomic mass is 35.5. The van der Waals surface area contributed by atoms with Gasteiger partial charge in [-0.2, -0.15) is 0 Å². The second-order valence-electron chi connectivity index (χ2n) is 2.15. The van der Waals surface area contributed by atoms with Gasteiger partial charge in [-0.25, -0.2) is 12.8 Å². The molecule has 0 fully saturated rings. The van der Waals surface area contributed by atoms with Gasteiger partial charge in [-0.05, 0) is 23.8 Å². The fourth-order valence-electron chi connectivity index (χ4n) is 0.747. The van der Waals surface area contributed by atoms with E-state index in [1.165, 1.54) is 6.07 Å². The molecule has 13 heavy (non-hydrogen) atoms. The second-order valence-corrected chi connectivity index (χ2v) is 3.24. The summed E-state index contributed by atoms with van der Waals surface area (Å²) >= 11 is 5.50. The Labute approximate surface area is 81.2 Å². The van der Waals surface area contributed by atoms with Crippen molar-refractivity contribution in [1.29, 1.82) is 0 Å². The van der Waals surface area contributed by atoms with Crippen LogP contribution in [0.1, 0.15) is 5.56 Å². The first-order valence-electron chi connectivity index (χ1n) is 3.18. The SMILES string of the molecule is O=[SH](=O)O[CH]c1cc(F)cc(Cl)c1. The summed E-state index contributed by atoms with van der Waals surface area (Å²) in [5.41, 5.74) is 0.254. The number of thiol groups is 1. The van der Waals surface area contributed by atoms with Gasteiger partial charge in [0, 0.05) is 5.02 Å². The molecule has 0 aromatic heterocycles. The molecule has 0 aliphatic rings. The number of halogens is 2. The normalized spacial score (nSPS) is 10.7. The molecule has 0 saturated heterocycles. The Morgan fingerprint density at radius 1 is 1.38 bits per heavy atom. The molecule has 1 radical (unpaired) electrons. The number of benzene rings is 1. The van der Waals surface area contributed by atoms with Crippen molar-refractivity contribution in [3.8, 4) is 0 Å². The molecule has 0 atom stereocenters. The van der Waals surface area contributed by atoms with Crippen molar-refractivity contribution in [2.24, 2.45) is 0 Å². The fraction of sp³-hybridized carbons (Fsp3) is 0. The first kappa shape index (κ1) is 10.4. The van der Waals surface area contributed by atoms with E-state index in [9.17, 15) is 12.8 Å². The third kappa shape index (κ3) is 3.71. The highest BCUT2D eigenvalue weighted by Crippen LogP contribution is 2.15. The van der Waals surface area contributed by atoms with Crippen LogP contribution in [0, 0.1) is 12.4 Å². The third-order valence-electron chi connectivity index (χ3n) is 1.16. The van der Waals surface area contributed by atoms with Gasteiger partial charge in [-0.15, -0.1) is 0 Å². The maximum absolute atomic E-state index is 12.6. The zero-order valence-electron chi connectivity index (χ0n) is 6.24. The zero-order valence-corrected chi connectivity index (χ0v) is 7.89. The summed E-state index contributed by atoms with van der Waals surface area (Å²) in [7, 11) is -2.96. The molecule has 0 heterocycles. The topological polar surface area (TPSA) is 43.4 Å². The molecular weight excluding hydrogens is 219 g/mol. The van der Waals surface area contributed by atoms with Crippen molar-refractivity contribution in [2.45, 2.75) is 0 Å². The van der Waals surface area contributed by atoms with Crippen LogP contribution in [0.25, 0.3) is 0 Å². The van der Waals surface area contributed by atoms with Gasteiger partial charge < -0.3 is 0 Å². The Hall–Kier alpha value is -0.650. The lowest BCUT2D eigenvalue weighted by Gasteiger charge is -1.98. The van der Waals surface area contributed by atoms with E-state index in [1.54, 1.807) is 0 Å². The van der Waals surface area contributed by atoms with Crippen LogP contribution in [0.3, 0.4) is 0 Å². The molecule has 71 valence electrons. The second kappa shape index (κ2) is 4.55. The van der Waals surface area contributed by atoms with Gasteiger partial charge in [-0.1, -0.05) is 11.6 Å². The summed E-state index contributed by atoms with van der Waals surface area (Å²) in [6, 6.07) is 3.59. The Bertz CT molecular complexity index is 350. The Kier molecular flexibility index (Phi) is 3.65. The van der Waals surface area contributed by atoms with Gasteiger partial charge in [0.05, 0.1) is 0 Å². The van der Waals surface area contributed by atoms with Gasteiger partial charge in [-0.3, -0.25) is 4.18 Å². The van der Waals surface area contributed by atoms with Crippen LogP contribution in [0.5, 0.6) is 0 Å². The first-order valence-corrected chi connectivity index (χ1v) is 4.66. The van der Waals surface area contributed by atoms with Crippen LogP contribution in [-0.4, -0.2) is 8.42 Å². The molecular formula is C7H5ClFO3S. The van der Waals surface area contributed by atoms with Crippen molar-refractivity contribution in [3.05, 3.63) is 41.2 Å². The molecule has 0 amide bonds. The van der Waals surface area contributed by atoms with E-state index in [1.807, 2.05) is 0 Å². The predicted molar refractivity (Wildman–Crippen MR) is 46.2 cm³/mol. The lowest BCUT2D eigenvalue weighted by Crippen LogP contribution is -1.89. The molecule has 1 aromatic rings. The Morgan fingerprint density at radius 3 is 2.62 bits per heavy atom. The molecule has 0 spiro atoms. The van der Waals surface area contributed by atoms with Gasteiger partial charge in [0.25, 0.3) is 11.0 Å². The molecule has 6 heteroatoms. The van der Waals surface area contributed by atoms with Gasteiger partial charge in [0.2, 0.25) is 0 Å². The van der Waals surface area contributed by atoms with Crippen molar-refractivity contribution in [1.82, 2.24) is 0 Å². The minimum absolute atomic E-state index is 0.177. The Balaban J connectivity index is 2.77. The van der Waals surface area contributed by atoms with E-state index in [0.717, 1.165) is 18.7 Å². The summed E-state index contributed by atoms with van der Waals surface area (Å²) in [4.78, 5) is 0. The summed E-state index contributed by atoms with van der Waals surface area (Å²) in [6.07, 6.45) is 0. The van der Waals surface area contributed by atoms with Crippen LogP contribution in [0.15, 0.2) is 18.2 Å². The summed E-state index contributed by atoms with van der Waals surface area (Å²) in [5.74, 6) is -0.552. The van der Waals surface area contributed by atoms with Crippen LogP contribution in [-0.2, 0) is 15.2 Å². The lowest BCUT2D eigenvalue weighted by molar-refractivity contribution is 0.428. The van der Waals surface area contributed by atoms with E-state index in [-0.39, 0.29) is 10.6 Å². The number of hydrogen-bond acceptors (Lipinski definition) is 3. The first-order chi connectivity index (χ1) is 6.08. The van der Waals surface area contributed by atoms with Gasteiger partial charge in [0.15, 0.2) is 0 Å². The smallest absolute Gasteiger partial charge is 0.257 e. The molecule has 0 saturated carbocycles. The average molecular weight is 224 g/mol. The highest BCUT2D eigenvalue weighted by Gasteiger charge is 2.00. The predicted octanol–water partition coefficient (Wildman–Crippen LogP) is 1.53. The van der Waals surface area contributed by atoms with Crippen molar-refractivity contribution < 1.29 is 17.0 Å². The highest BCUT2D eigenvalue weighted by molar-refractivity contribution is 7.67. The molecule has 0 unspecified atom stereocenters. The number of hydrogen-bond donors (Lipinski definition) is 1. The quantitative estimate of drug-likeness (QED) is 0.791. The van der Waals surface area contributed by atoms with Crippen LogP contribution in [0.2, 0.25) is 5.02 Å². The fourth-order valence-corrected chi connectivity index (χ4v) is 1.19. The third-order valence-corrected chi connectivity index (χ3v) is 1.66. The van der Waals surface area contributed by atoms with Crippen LogP contribution < -0.4 is 0 Å². The van der Waals surface area contributed by atoms with E-state index in [4.69, 9.17) is 11.6 Å². The van der Waals surface area contributed by atoms with E-state index in [0.29, 0.717) is 0 Å². The summed E-state index contributed by atoms with van der Waals surface area (Å²) < 4.78 is 36.8. The van der Waals surface area contributed by atoms with Gasteiger partial charge >= 0.3 is 0 Å². The van der Waals surface area contributed by atoms with Gasteiger partial charge in [0.1, 0.15) is 12.4 Å². The van der Waals surface area contributed by atoms with E-state index < -0.39 is 16.8 Å². The molecule has 1 aromatic carbocycles. The zero-order chi connectivity index (χ0) is 9.84. The minimum Gasteiger partial charge on any atom is -0.261 e. The number of rotatable bonds is 3. The van der Waals surface area contributed by atoms with Crippen molar-refractivity contribution in [3.63, 3.8) is 0 Å². The lowest BCUT2D eigenvalue weighted by atomic mass is 10.2. The molecule has 0 aliphatic carbocycles. The van der Waals surface area contributed by atoms with Crippen LogP contribution in [0.4, 0.5) is 4.39 Å². The summed E-state index contributed by atoms with van der Waals surface area (Å²) in [6.45, 7) is 0.903. The maximum atomic E-state index is 12.6. The summed E-state index contributed by atoms with van der Waals surface area (Å²) in [5, 5.41) is 0.177. The van der Waals surface area contributed by atoms with E-state index in [2.05, 4.69) is 4.18 Å². The standard InChI is InChI=1S/C7H5ClFO3S/c8-6-1-5(2-7(9)3-6)4-12-13(10)11/h1-4,13H.